The average Bonchev–Trinajstić information content (AvgIpc) is 3.07. The lowest BCUT2D eigenvalue weighted by atomic mass is 10.00. The summed E-state index contributed by atoms with van der Waals surface area (Å²) in [5.74, 6) is -0.306. The van der Waals surface area contributed by atoms with Gasteiger partial charge in [0.15, 0.2) is 5.96 Å². The van der Waals surface area contributed by atoms with E-state index in [-0.39, 0.29) is 48.8 Å². The van der Waals surface area contributed by atoms with Crippen LogP contribution in [0, 0.1) is 5.82 Å². The van der Waals surface area contributed by atoms with E-state index in [4.69, 9.17) is 0 Å². The maximum Gasteiger partial charge on any atom is 0.246 e. The molecule has 0 saturated carbocycles. The number of hydrogen-bond donors (Lipinski definition) is 4. The highest BCUT2D eigenvalue weighted by atomic mass is 127. The van der Waals surface area contributed by atoms with Crippen molar-refractivity contribution in [2.24, 2.45) is 12.0 Å². The van der Waals surface area contributed by atoms with E-state index in [2.05, 4.69) is 26.0 Å². The fraction of sp³-hybridized carbons (Fsp3) is 0.389. The number of rotatable bonds is 7. The first-order valence-electron chi connectivity index (χ1n) is 8.59. The fourth-order valence-electron chi connectivity index (χ4n) is 2.28. The van der Waals surface area contributed by atoms with Crippen LogP contribution in [0.3, 0.4) is 0 Å². The van der Waals surface area contributed by atoms with Gasteiger partial charge in [0.1, 0.15) is 18.0 Å². The molecule has 1 atom stereocenters. The van der Waals surface area contributed by atoms with Crippen LogP contribution in [-0.4, -0.2) is 46.4 Å². The van der Waals surface area contributed by atoms with Gasteiger partial charge in [-0.3, -0.25) is 9.48 Å². The van der Waals surface area contributed by atoms with Gasteiger partial charge in [0, 0.05) is 31.0 Å². The van der Waals surface area contributed by atoms with Crippen molar-refractivity contribution in [2.75, 3.05) is 25.0 Å². The zero-order valence-corrected chi connectivity index (χ0v) is 18.4. The maximum absolute atomic E-state index is 12.9. The van der Waals surface area contributed by atoms with E-state index in [0.717, 1.165) is 0 Å². The van der Waals surface area contributed by atoms with Crippen LogP contribution in [-0.2, 0) is 17.4 Å². The van der Waals surface area contributed by atoms with Gasteiger partial charge in [-0.2, -0.15) is 5.10 Å². The highest BCUT2D eigenvalue weighted by Gasteiger charge is 2.25. The Kier molecular flexibility index (Phi) is 9.32. The summed E-state index contributed by atoms with van der Waals surface area (Å²) >= 11 is 0. The standard InChI is InChI=1S/C18H25FN6O2.HI/c1-4-20-17(22-12-18(2,27)13-9-23-25(3)11-13)21-10-16(26)24-15-7-5-14(19)6-8-15;/h5-9,11,27H,4,10,12H2,1-3H3,(H,24,26)(H2,20,21,22);1H. The Labute approximate surface area is 180 Å². The van der Waals surface area contributed by atoms with Gasteiger partial charge in [0.2, 0.25) is 5.91 Å². The van der Waals surface area contributed by atoms with Crippen molar-refractivity contribution < 1.29 is 14.3 Å². The molecule has 0 spiro atoms. The van der Waals surface area contributed by atoms with Crippen LogP contribution in [0.15, 0.2) is 41.7 Å². The second-order valence-electron chi connectivity index (χ2n) is 6.28. The van der Waals surface area contributed by atoms with Crippen molar-refractivity contribution in [1.82, 2.24) is 20.4 Å². The molecule has 2 rings (SSSR count). The molecular formula is C18H26FIN6O2. The number of nitrogens with zero attached hydrogens (tertiary/aromatic N) is 3. The monoisotopic (exact) mass is 504 g/mol. The summed E-state index contributed by atoms with van der Waals surface area (Å²) in [5, 5.41) is 23.3. The molecule has 1 heterocycles. The molecular weight excluding hydrogens is 478 g/mol. The van der Waals surface area contributed by atoms with Crippen LogP contribution in [0.4, 0.5) is 10.1 Å². The topological polar surface area (TPSA) is 104 Å². The maximum atomic E-state index is 12.9. The Morgan fingerprint density at radius 2 is 2.00 bits per heavy atom. The normalized spacial score (nSPS) is 13.2. The quantitative estimate of drug-likeness (QED) is 0.261. The number of guanidine groups is 1. The Morgan fingerprint density at radius 1 is 1.32 bits per heavy atom. The van der Waals surface area contributed by atoms with Gasteiger partial charge in [-0.1, -0.05) is 0 Å². The third kappa shape index (κ3) is 7.43. The largest absolute Gasteiger partial charge is 0.383 e. The first kappa shape index (κ1) is 23.8. The molecule has 0 aliphatic carbocycles. The van der Waals surface area contributed by atoms with Crippen LogP contribution in [0.2, 0.25) is 0 Å². The molecule has 0 radical (unpaired) electrons. The van der Waals surface area contributed by atoms with Crippen LogP contribution >= 0.6 is 24.0 Å². The van der Waals surface area contributed by atoms with E-state index in [9.17, 15) is 14.3 Å². The number of aliphatic imine (C=N–C) groups is 1. The zero-order chi connectivity index (χ0) is 19.9. The smallest absolute Gasteiger partial charge is 0.246 e. The Hall–Kier alpha value is -2.21. The Balaban J connectivity index is 0.00000392. The summed E-state index contributed by atoms with van der Waals surface area (Å²) in [4.78, 5) is 16.2. The number of aliphatic hydroxyl groups is 1. The first-order chi connectivity index (χ1) is 12.8. The molecule has 0 fully saturated rings. The number of halogens is 2. The van der Waals surface area contributed by atoms with E-state index in [1.165, 1.54) is 24.3 Å². The lowest BCUT2D eigenvalue weighted by Crippen LogP contribution is -2.44. The molecule has 0 aliphatic heterocycles. The lowest BCUT2D eigenvalue weighted by Gasteiger charge is -2.23. The first-order valence-corrected chi connectivity index (χ1v) is 8.59. The summed E-state index contributed by atoms with van der Waals surface area (Å²) < 4.78 is 14.5. The van der Waals surface area contributed by atoms with Crippen LogP contribution < -0.4 is 16.0 Å². The second kappa shape index (κ2) is 11.0. The van der Waals surface area contributed by atoms with E-state index in [0.29, 0.717) is 23.8 Å². The minimum atomic E-state index is -1.15. The number of hydrogen-bond acceptors (Lipinski definition) is 4. The zero-order valence-electron chi connectivity index (χ0n) is 16.1. The van der Waals surface area contributed by atoms with Crippen molar-refractivity contribution in [3.05, 3.63) is 48.0 Å². The number of nitrogens with one attached hydrogen (secondary N) is 3. The van der Waals surface area contributed by atoms with Crippen LogP contribution in [0.25, 0.3) is 0 Å². The number of carbonyl (C=O) groups is 1. The van der Waals surface area contributed by atoms with Crippen molar-refractivity contribution in [3.63, 3.8) is 0 Å². The highest BCUT2D eigenvalue weighted by molar-refractivity contribution is 14.0. The average molecular weight is 504 g/mol. The Morgan fingerprint density at radius 3 is 2.57 bits per heavy atom. The van der Waals surface area contributed by atoms with Gasteiger partial charge in [0.05, 0.1) is 12.7 Å². The molecule has 1 aromatic heterocycles. The summed E-state index contributed by atoms with van der Waals surface area (Å²) in [7, 11) is 1.78. The van der Waals surface area contributed by atoms with Gasteiger partial charge < -0.3 is 21.1 Å². The Bertz CT molecular complexity index is 792. The molecule has 154 valence electrons. The van der Waals surface area contributed by atoms with Crippen molar-refractivity contribution >= 4 is 41.5 Å². The third-order valence-electron chi connectivity index (χ3n) is 3.78. The third-order valence-corrected chi connectivity index (χ3v) is 3.78. The number of amides is 1. The fourth-order valence-corrected chi connectivity index (χ4v) is 2.28. The summed E-state index contributed by atoms with van der Waals surface area (Å²) in [6.45, 7) is 4.23. The van der Waals surface area contributed by atoms with Crippen LogP contribution in [0.1, 0.15) is 19.4 Å². The summed E-state index contributed by atoms with van der Waals surface area (Å²) in [6, 6.07) is 5.49. The molecule has 4 N–H and O–H groups in total. The predicted octanol–water partition coefficient (Wildman–Crippen LogP) is 1.58. The molecule has 2 aromatic rings. The lowest BCUT2D eigenvalue weighted by molar-refractivity contribution is -0.114. The highest BCUT2D eigenvalue weighted by Crippen LogP contribution is 2.18. The van der Waals surface area contributed by atoms with Gasteiger partial charge in [0.25, 0.3) is 0 Å². The van der Waals surface area contributed by atoms with E-state index in [1.54, 1.807) is 31.0 Å². The number of aryl methyl sites for hydroxylation is 1. The minimum absolute atomic E-state index is 0. The molecule has 1 aromatic carbocycles. The number of aromatic nitrogens is 2. The predicted molar refractivity (Wildman–Crippen MR) is 117 cm³/mol. The number of anilines is 1. The molecule has 10 heteroatoms. The van der Waals surface area contributed by atoms with E-state index in [1.807, 2.05) is 6.92 Å². The molecule has 1 unspecified atom stereocenters. The van der Waals surface area contributed by atoms with Gasteiger partial charge >= 0.3 is 0 Å². The van der Waals surface area contributed by atoms with E-state index >= 15 is 0 Å². The minimum Gasteiger partial charge on any atom is -0.383 e. The molecule has 0 aliphatic rings. The SMILES string of the molecule is CCNC(=NCC(=O)Nc1ccc(F)cc1)NCC(C)(O)c1cnn(C)c1.I. The summed E-state index contributed by atoms with van der Waals surface area (Å²) in [5.41, 5.74) is 0.0114. The van der Waals surface area contributed by atoms with Gasteiger partial charge in [-0.25, -0.2) is 9.38 Å². The number of carbonyl (C=O) groups excluding carboxylic acids is 1. The van der Waals surface area contributed by atoms with Crippen molar-refractivity contribution in [3.8, 4) is 0 Å². The molecule has 1 amide bonds. The van der Waals surface area contributed by atoms with E-state index < -0.39 is 5.60 Å². The molecule has 28 heavy (non-hydrogen) atoms. The number of benzene rings is 1. The van der Waals surface area contributed by atoms with Gasteiger partial charge in [-0.15, -0.1) is 24.0 Å². The molecule has 0 saturated heterocycles. The second-order valence-corrected chi connectivity index (χ2v) is 6.28. The van der Waals surface area contributed by atoms with Crippen molar-refractivity contribution in [1.29, 1.82) is 0 Å². The van der Waals surface area contributed by atoms with Crippen molar-refractivity contribution in [2.45, 2.75) is 19.4 Å². The van der Waals surface area contributed by atoms with Crippen LogP contribution in [0.5, 0.6) is 0 Å². The molecule has 8 nitrogen and oxygen atoms in total. The van der Waals surface area contributed by atoms with Gasteiger partial charge in [-0.05, 0) is 38.1 Å². The summed E-state index contributed by atoms with van der Waals surface area (Å²) in [6.07, 6.45) is 3.34. The molecule has 0 bridgehead atoms.